The van der Waals surface area contributed by atoms with Crippen molar-refractivity contribution in [2.24, 2.45) is 0 Å². The van der Waals surface area contributed by atoms with Crippen molar-refractivity contribution in [3.8, 4) is 11.3 Å². The van der Waals surface area contributed by atoms with E-state index in [2.05, 4.69) is 44.7 Å². The van der Waals surface area contributed by atoms with Gasteiger partial charge in [-0.25, -0.2) is 0 Å². The summed E-state index contributed by atoms with van der Waals surface area (Å²) >= 11 is 0. The van der Waals surface area contributed by atoms with Crippen molar-refractivity contribution in [2.75, 3.05) is 18.0 Å². The molecule has 28 heavy (non-hydrogen) atoms. The van der Waals surface area contributed by atoms with E-state index in [4.69, 9.17) is 0 Å². The Labute approximate surface area is 165 Å². The van der Waals surface area contributed by atoms with Crippen LogP contribution in [0.3, 0.4) is 0 Å². The molecule has 1 saturated heterocycles. The molecule has 5 nitrogen and oxygen atoms in total. The second-order valence-corrected chi connectivity index (χ2v) is 7.62. The zero-order valence-corrected chi connectivity index (χ0v) is 16.4. The zero-order chi connectivity index (χ0) is 19.5. The average Bonchev–Trinajstić information content (AvgIpc) is 3.19. The number of anilines is 1. The fourth-order valence-corrected chi connectivity index (χ4v) is 3.87. The van der Waals surface area contributed by atoms with E-state index in [0.29, 0.717) is 0 Å². The van der Waals surface area contributed by atoms with Crippen LogP contribution in [0, 0.1) is 13.8 Å². The van der Waals surface area contributed by atoms with Gasteiger partial charge in [0.1, 0.15) is 0 Å². The van der Waals surface area contributed by atoms with Crippen molar-refractivity contribution in [1.29, 1.82) is 0 Å². The van der Waals surface area contributed by atoms with Crippen LogP contribution in [0.2, 0.25) is 0 Å². The van der Waals surface area contributed by atoms with Crippen LogP contribution in [-0.2, 0) is 0 Å². The largest absolute Gasteiger partial charge is 0.355 e. The first-order valence-electron chi connectivity index (χ1n) is 9.83. The van der Waals surface area contributed by atoms with Crippen LogP contribution in [0.15, 0.2) is 54.6 Å². The van der Waals surface area contributed by atoms with Gasteiger partial charge in [0.25, 0.3) is 5.91 Å². The quantitative estimate of drug-likeness (QED) is 0.723. The Morgan fingerprint density at radius 1 is 1.04 bits per heavy atom. The van der Waals surface area contributed by atoms with E-state index in [9.17, 15) is 4.79 Å². The van der Waals surface area contributed by atoms with Crippen molar-refractivity contribution in [1.82, 2.24) is 15.5 Å². The lowest BCUT2D eigenvalue weighted by atomic mass is 10.0. The number of benzene rings is 2. The molecule has 0 unspecified atom stereocenters. The van der Waals surface area contributed by atoms with Crippen molar-refractivity contribution in [3.05, 3.63) is 71.3 Å². The summed E-state index contributed by atoms with van der Waals surface area (Å²) < 4.78 is 0. The highest BCUT2D eigenvalue weighted by atomic mass is 16.1. The van der Waals surface area contributed by atoms with E-state index in [-0.39, 0.29) is 11.9 Å². The lowest BCUT2D eigenvalue weighted by Crippen LogP contribution is -2.44. The second kappa shape index (κ2) is 7.89. The van der Waals surface area contributed by atoms with Crippen LogP contribution in [0.4, 0.5) is 5.82 Å². The molecule has 0 bridgehead atoms. The number of aromatic nitrogens is 2. The Balaban J connectivity index is 1.35. The number of aryl methyl sites for hydroxylation is 2. The molecule has 2 aromatic carbocycles. The van der Waals surface area contributed by atoms with Gasteiger partial charge in [0.2, 0.25) is 0 Å². The summed E-state index contributed by atoms with van der Waals surface area (Å²) in [4.78, 5) is 14.9. The first kappa shape index (κ1) is 18.3. The summed E-state index contributed by atoms with van der Waals surface area (Å²) in [5.74, 6) is 0.995. The minimum Gasteiger partial charge on any atom is -0.355 e. The average molecular weight is 374 g/mol. The molecule has 2 N–H and O–H groups in total. The van der Waals surface area contributed by atoms with Crippen LogP contribution in [0.25, 0.3) is 11.3 Å². The van der Waals surface area contributed by atoms with Gasteiger partial charge in [-0.05, 0) is 44.4 Å². The van der Waals surface area contributed by atoms with Gasteiger partial charge >= 0.3 is 0 Å². The molecule has 1 amide bonds. The van der Waals surface area contributed by atoms with Gasteiger partial charge in [-0.1, -0.05) is 47.5 Å². The smallest absolute Gasteiger partial charge is 0.251 e. The summed E-state index contributed by atoms with van der Waals surface area (Å²) in [6.07, 6.45) is 1.84. The lowest BCUT2D eigenvalue weighted by Gasteiger charge is -2.32. The van der Waals surface area contributed by atoms with Gasteiger partial charge in [0.15, 0.2) is 5.82 Å². The van der Waals surface area contributed by atoms with Gasteiger partial charge in [0.05, 0.1) is 5.69 Å². The third kappa shape index (κ3) is 4.09. The first-order chi connectivity index (χ1) is 13.6. The monoisotopic (exact) mass is 374 g/mol. The topological polar surface area (TPSA) is 61.0 Å². The molecule has 4 rings (SSSR count). The summed E-state index contributed by atoms with van der Waals surface area (Å²) in [5.41, 5.74) is 5.15. The maximum atomic E-state index is 12.6. The number of carbonyl (C=O) groups is 1. The third-order valence-corrected chi connectivity index (χ3v) is 5.29. The molecule has 1 aliphatic heterocycles. The van der Waals surface area contributed by atoms with Gasteiger partial charge in [-0.15, -0.1) is 0 Å². The highest BCUT2D eigenvalue weighted by Gasteiger charge is 2.23. The summed E-state index contributed by atoms with van der Waals surface area (Å²) in [5, 5.41) is 10.8. The summed E-state index contributed by atoms with van der Waals surface area (Å²) in [7, 11) is 0. The number of hydrogen-bond acceptors (Lipinski definition) is 3. The van der Waals surface area contributed by atoms with Crippen LogP contribution < -0.4 is 10.2 Å². The Bertz CT molecular complexity index is 935. The molecule has 0 spiro atoms. The molecule has 1 aromatic heterocycles. The number of carbonyl (C=O) groups excluding carboxylic acids is 1. The molecular weight excluding hydrogens is 348 g/mol. The molecular formula is C23H26N4O. The van der Waals surface area contributed by atoms with Gasteiger partial charge in [-0.3, -0.25) is 9.89 Å². The van der Waals surface area contributed by atoms with Gasteiger partial charge < -0.3 is 10.2 Å². The Hall–Kier alpha value is -3.08. The van der Waals surface area contributed by atoms with Crippen LogP contribution in [0.5, 0.6) is 0 Å². The number of piperidine rings is 1. The van der Waals surface area contributed by atoms with Crippen molar-refractivity contribution < 1.29 is 4.79 Å². The van der Waals surface area contributed by atoms with Crippen LogP contribution in [-0.4, -0.2) is 35.2 Å². The Morgan fingerprint density at radius 3 is 2.39 bits per heavy atom. The fraction of sp³-hybridized carbons (Fsp3) is 0.304. The van der Waals surface area contributed by atoms with E-state index in [1.54, 1.807) is 0 Å². The van der Waals surface area contributed by atoms with E-state index >= 15 is 0 Å². The molecule has 0 atom stereocenters. The molecule has 1 fully saturated rings. The molecule has 0 aliphatic carbocycles. The fourth-order valence-electron chi connectivity index (χ4n) is 3.87. The lowest BCUT2D eigenvalue weighted by molar-refractivity contribution is 0.0931. The number of aromatic amines is 1. The van der Waals surface area contributed by atoms with Crippen molar-refractivity contribution >= 4 is 11.7 Å². The highest BCUT2D eigenvalue weighted by molar-refractivity contribution is 5.94. The minimum atomic E-state index is 0.0244. The van der Waals surface area contributed by atoms with Crippen LogP contribution >= 0.6 is 0 Å². The third-order valence-electron chi connectivity index (χ3n) is 5.29. The first-order valence-corrected chi connectivity index (χ1v) is 9.83. The molecule has 144 valence electrons. The van der Waals surface area contributed by atoms with Crippen molar-refractivity contribution in [2.45, 2.75) is 32.7 Å². The molecule has 2 heterocycles. The number of H-pyrrole nitrogens is 1. The van der Waals surface area contributed by atoms with E-state index in [1.165, 1.54) is 0 Å². The molecule has 0 radical (unpaired) electrons. The van der Waals surface area contributed by atoms with E-state index in [0.717, 1.165) is 59.7 Å². The SMILES string of the molecule is Cc1cc(C)cc(C(=O)NC2CCN(c3cc(-c4ccccc4)[nH]n3)CC2)c1. The normalized spacial score (nSPS) is 14.9. The molecule has 5 heteroatoms. The second-order valence-electron chi connectivity index (χ2n) is 7.62. The predicted molar refractivity (Wildman–Crippen MR) is 113 cm³/mol. The maximum absolute atomic E-state index is 12.6. The number of nitrogens with zero attached hydrogens (tertiary/aromatic N) is 2. The zero-order valence-electron chi connectivity index (χ0n) is 16.4. The van der Waals surface area contributed by atoms with Crippen molar-refractivity contribution in [3.63, 3.8) is 0 Å². The molecule has 0 saturated carbocycles. The van der Waals surface area contributed by atoms with E-state index < -0.39 is 0 Å². The Kier molecular flexibility index (Phi) is 5.15. The standard InChI is InChI=1S/C23H26N4O/c1-16-12-17(2)14-19(13-16)23(28)24-20-8-10-27(11-9-20)22-15-21(25-26-22)18-6-4-3-5-7-18/h3-7,12-15,20H,8-11H2,1-2H3,(H,24,28)(H,25,26). The number of rotatable bonds is 4. The molecule has 1 aliphatic rings. The van der Waals surface area contributed by atoms with Gasteiger partial charge in [0, 0.05) is 30.8 Å². The number of nitrogens with one attached hydrogen (secondary N) is 2. The Morgan fingerprint density at radius 2 is 1.71 bits per heavy atom. The number of hydrogen-bond donors (Lipinski definition) is 2. The van der Waals surface area contributed by atoms with Gasteiger partial charge in [-0.2, -0.15) is 5.10 Å². The molecule has 3 aromatic rings. The minimum absolute atomic E-state index is 0.0244. The van der Waals surface area contributed by atoms with Crippen LogP contribution in [0.1, 0.15) is 34.3 Å². The predicted octanol–water partition coefficient (Wildman–Crippen LogP) is 4.09. The number of amides is 1. The van der Waals surface area contributed by atoms with E-state index in [1.807, 2.05) is 44.2 Å². The summed E-state index contributed by atoms with van der Waals surface area (Å²) in [6.45, 7) is 5.82. The maximum Gasteiger partial charge on any atom is 0.251 e. The highest BCUT2D eigenvalue weighted by Crippen LogP contribution is 2.24. The summed E-state index contributed by atoms with van der Waals surface area (Å²) in [6, 6.07) is 18.5.